The number of carboxylic acids is 1. The SMILES string of the molecule is Cc1ccc(NC(=O)CC2CCC([C@H](N)C(=O)N(C)C3CCC3)CC2)cc1C(=O)O. The molecule has 7 heteroatoms. The number of aromatic carboxylic acids is 1. The summed E-state index contributed by atoms with van der Waals surface area (Å²) >= 11 is 0. The quantitative estimate of drug-likeness (QED) is 0.633. The fraction of sp³-hybridized carbons (Fsp3) is 0.609. The minimum atomic E-state index is -1.00. The second-order valence-electron chi connectivity index (χ2n) is 8.93. The molecular weight excluding hydrogens is 382 g/mol. The molecule has 0 radical (unpaired) electrons. The van der Waals surface area contributed by atoms with Crippen molar-refractivity contribution < 1.29 is 19.5 Å². The number of hydrogen-bond donors (Lipinski definition) is 3. The van der Waals surface area contributed by atoms with Crippen molar-refractivity contribution in [3.63, 3.8) is 0 Å². The van der Waals surface area contributed by atoms with Crippen molar-refractivity contribution in [2.24, 2.45) is 17.6 Å². The Bertz CT molecular complexity index is 798. The first-order chi connectivity index (χ1) is 14.3. The number of carboxylic acid groups (broad SMARTS) is 1. The number of nitrogens with one attached hydrogen (secondary N) is 1. The van der Waals surface area contributed by atoms with Crippen LogP contribution < -0.4 is 11.1 Å². The lowest BCUT2D eigenvalue weighted by Crippen LogP contribution is -2.52. The van der Waals surface area contributed by atoms with Gasteiger partial charge in [-0.2, -0.15) is 0 Å². The Morgan fingerprint density at radius 3 is 2.40 bits per heavy atom. The van der Waals surface area contributed by atoms with E-state index in [0.29, 0.717) is 23.7 Å². The summed E-state index contributed by atoms with van der Waals surface area (Å²) in [7, 11) is 1.86. The van der Waals surface area contributed by atoms with Crippen molar-refractivity contribution in [1.29, 1.82) is 0 Å². The minimum Gasteiger partial charge on any atom is -0.478 e. The van der Waals surface area contributed by atoms with Gasteiger partial charge in [0, 0.05) is 25.2 Å². The monoisotopic (exact) mass is 415 g/mol. The number of nitrogens with zero attached hydrogens (tertiary/aromatic N) is 1. The highest BCUT2D eigenvalue weighted by molar-refractivity contribution is 5.94. The molecule has 7 nitrogen and oxygen atoms in total. The van der Waals surface area contributed by atoms with Crippen molar-refractivity contribution in [2.75, 3.05) is 12.4 Å². The van der Waals surface area contributed by atoms with E-state index in [9.17, 15) is 19.5 Å². The molecule has 1 aromatic rings. The fourth-order valence-corrected chi connectivity index (χ4v) is 4.55. The molecule has 0 saturated heterocycles. The first-order valence-electron chi connectivity index (χ1n) is 10.9. The van der Waals surface area contributed by atoms with Crippen molar-refractivity contribution in [3.05, 3.63) is 29.3 Å². The zero-order chi connectivity index (χ0) is 21.8. The van der Waals surface area contributed by atoms with Crippen LogP contribution in [-0.2, 0) is 9.59 Å². The Morgan fingerprint density at radius 1 is 1.17 bits per heavy atom. The maximum atomic E-state index is 12.6. The van der Waals surface area contributed by atoms with Gasteiger partial charge in [-0.15, -0.1) is 0 Å². The molecule has 1 aromatic carbocycles. The van der Waals surface area contributed by atoms with Crippen LogP contribution in [-0.4, -0.2) is 46.9 Å². The number of likely N-dealkylation sites (N-methyl/N-ethyl adjacent to an activating group) is 1. The number of hydrogen-bond acceptors (Lipinski definition) is 4. The van der Waals surface area contributed by atoms with Gasteiger partial charge < -0.3 is 21.1 Å². The minimum absolute atomic E-state index is 0.0505. The molecule has 2 amide bonds. The van der Waals surface area contributed by atoms with Gasteiger partial charge in [-0.1, -0.05) is 6.07 Å². The molecule has 30 heavy (non-hydrogen) atoms. The number of nitrogens with two attached hydrogens (primary N) is 1. The van der Waals surface area contributed by atoms with Crippen LogP contribution in [0.5, 0.6) is 0 Å². The van der Waals surface area contributed by atoms with Gasteiger partial charge >= 0.3 is 5.97 Å². The van der Waals surface area contributed by atoms with Crippen LogP contribution in [0.4, 0.5) is 5.69 Å². The standard InChI is InChI=1S/C23H33N3O4/c1-14-6-11-17(13-19(14)23(29)30)25-20(27)12-15-7-9-16(10-8-15)21(24)22(28)26(2)18-4-3-5-18/h6,11,13,15-16,18,21H,3-5,7-10,12,24H2,1-2H3,(H,25,27)(H,29,30)/t15?,16?,21-/m0/s1. The van der Waals surface area contributed by atoms with Gasteiger partial charge in [0.1, 0.15) is 0 Å². The number of aryl methyl sites for hydroxylation is 1. The van der Waals surface area contributed by atoms with E-state index >= 15 is 0 Å². The van der Waals surface area contributed by atoms with Crippen LogP contribution in [0.15, 0.2) is 18.2 Å². The third kappa shape index (κ3) is 5.19. The molecule has 164 valence electrons. The molecule has 0 bridgehead atoms. The van der Waals surface area contributed by atoms with Gasteiger partial charge in [0.25, 0.3) is 0 Å². The zero-order valence-corrected chi connectivity index (χ0v) is 17.9. The lowest BCUT2D eigenvalue weighted by Gasteiger charge is -2.38. The summed E-state index contributed by atoms with van der Waals surface area (Å²) < 4.78 is 0. The first-order valence-corrected chi connectivity index (χ1v) is 10.9. The lowest BCUT2D eigenvalue weighted by atomic mass is 9.77. The molecule has 3 rings (SSSR count). The number of amides is 2. The molecule has 0 unspecified atom stereocenters. The highest BCUT2D eigenvalue weighted by atomic mass is 16.4. The number of carbonyl (C=O) groups excluding carboxylic acids is 2. The molecule has 0 aliphatic heterocycles. The summed E-state index contributed by atoms with van der Waals surface area (Å²) in [5.41, 5.74) is 7.65. The first kappa shape index (κ1) is 22.3. The van der Waals surface area contributed by atoms with E-state index in [4.69, 9.17) is 5.73 Å². The van der Waals surface area contributed by atoms with Gasteiger partial charge in [-0.25, -0.2) is 4.79 Å². The molecule has 1 atom stereocenters. The molecule has 2 aliphatic carbocycles. The molecular formula is C23H33N3O4. The van der Waals surface area contributed by atoms with Crippen LogP contribution in [0.1, 0.15) is 67.3 Å². The Labute approximate surface area is 178 Å². The van der Waals surface area contributed by atoms with Crippen molar-refractivity contribution in [1.82, 2.24) is 4.90 Å². The highest BCUT2D eigenvalue weighted by Crippen LogP contribution is 2.33. The summed E-state index contributed by atoms with van der Waals surface area (Å²) in [4.78, 5) is 38.2. The summed E-state index contributed by atoms with van der Waals surface area (Å²) in [6, 6.07) is 4.82. The van der Waals surface area contributed by atoms with Crippen molar-refractivity contribution in [3.8, 4) is 0 Å². The Morgan fingerprint density at radius 2 is 1.83 bits per heavy atom. The Balaban J connectivity index is 1.46. The van der Waals surface area contributed by atoms with Crippen LogP contribution in [0, 0.1) is 18.8 Å². The predicted octanol–water partition coefficient (Wildman–Crippen LogP) is 3.17. The molecule has 2 saturated carbocycles. The van der Waals surface area contributed by atoms with Crippen LogP contribution in [0.25, 0.3) is 0 Å². The van der Waals surface area contributed by atoms with Gasteiger partial charge in [0.05, 0.1) is 11.6 Å². The molecule has 0 heterocycles. The van der Waals surface area contributed by atoms with Crippen molar-refractivity contribution >= 4 is 23.5 Å². The average Bonchev–Trinajstić information content (AvgIpc) is 2.67. The molecule has 0 aromatic heterocycles. The van der Waals surface area contributed by atoms with Gasteiger partial charge in [0.2, 0.25) is 11.8 Å². The maximum absolute atomic E-state index is 12.6. The normalized spacial score (nSPS) is 22.6. The third-order valence-electron chi connectivity index (χ3n) is 6.88. The average molecular weight is 416 g/mol. The summed E-state index contributed by atoms with van der Waals surface area (Å²) in [5.74, 6) is -0.624. The van der Waals surface area contributed by atoms with Crippen LogP contribution >= 0.6 is 0 Å². The van der Waals surface area contributed by atoms with E-state index in [-0.39, 0.29) is 29.2 Å². The van der Waals surface area contributed by atoms with E-state index in [1.54, 1.807) is 19.1 Å². The van der Waals surface area contributed by atoms with E-state index < -0.39 is 12.0 Å². The summed E-state index contributed by atoms with van der Waals surface area (Å²) in [6.45, 7) is 1.73. The van der Waals surface area contributed by atoms with Crippen LogP contribution in [0.3, 0.4) is 0 Å². The van der Waals surface area contributed by atoms with E-state index in [0.717, 1.165) is 38.5 Å². The van der Waals surface area contributed by atoms with Gasteiger partial charge in [0.15, 0.2) is 0 Å². The Hall–Kier alpha value is -2.41. The van der Waals surface area contributed by atoms with Crippen molar-refractivity contribution in [2.45, 2.75) is 70.4 Å². The number of carbonyl (C=O) groups is 3. The predicted molar refractivity (Wildman–Crippen MR) is 115 cm³/mol. The van der Waals surface area contributed by atoms with E-state index in [2.05, 4.69) is 5.32 Å². The smallest absolute Gasteiger partial charge is 0.336 e. The summed E-state index contributed by atoms with van der Waals surface area (Å²) in [5, 5.41) is 12.0. The molecule has 2 fully saturated rings. The third-order valence-corrected chi connectivity index (χ3v) is 6.88. The molecule has 2 aliphatic rings. The molecule has 0 spiro atoms. The molecule has 4 N–H and O–H groups in total. The highest BCUT2D eigenvalue weighted by Gasteiger charge is 2.34. The maximum Gasteiger partial charge on any atom is 0.336 e. The van der Waals surface area contributed by atoms with E-state index in [1.165, 1.54) is 12.5 Å². The second-order valence-corrected chi connectivity index (χ2v) is 8.93. The zero-order valence-electron chi connectivity index (χ0n) is 17.9. The fourth-order valence-electron chi connectivity index (χ4n) is 4.55. The number of rotatable bonds is 7. The Kier molecular flexibility index (Phi) is 7.13. The number of anilines is 1. The van der Waals surface area contributed by atoms with E-state index in [1.807, 2.05) is 11.9 Å². The largest absolute Gasteiger partial charge is 0.478 e. The van der Waals surface area contributed by atoms with Gasteiger partial charge in [-0.05, 0) is 81.4 Å². The van der Waals surface area contributed by atoms with Crippen LogP contribution in [0.2, 0.25) is 0 Å². The lowest BCUT2D eigenvalue weighted by molar-refractivity contribution is -0.136. The van der Waals surface area contributed by atoms with Gasteiger partial charge in [-0.3, -0.25) is 9.59 Å². The summed E-state index contributed by atoms with van der Waals surface area (Å²) in [6.07, 6.45) is 7.20. The second kappa shape index (κ2) is 9.60. The number of benzene rings is 1. The topological polar surface area (TPSA) is 113 Å².